The molecule has 0 radical (unpaired) electrons. The Morgan fingerprint density at radius 3 is 2.77 bits per heavy atom. The van der Waals surface area contributed by atoms with E-state index in [0.717, 1.165) is 12.0 Å². The van der Waals surface area contributed by atoms with Crippen LogP contribution in [-0.4, -0.2) is 29.8 Å². The standard InChI is InChI=1S/C15H22NO5P/c1-2-20-14(17)11-15(9-6-10-21-15)16-22(18,19)12-13-7-4-3-5-8-13/h3-5,7-8H,2,6,9-12H2,1H3,(H2,16,18,19). The summed E-state index contributed by atoms with van der Waals surface area (Å²) in [6.07, 6.45) is 1.16. The molecule has 1 heterocycles. The molecule has 0 amide bonds. The average Bonchev–Trinajstić information content (AvgIpc) is 2.86. The van der Waals surface area contributed by atoms with E-state index in [9.17, 15) is 14.3 Å². The second-order valence-corrected chi connectivity index (χ2v) is 7.33. The molecule has 0 aromatic heterocycles. The van der Waals surface area contributed by atoms with Gasteiger partial charge < -0.3 is 14.4 Å². The maximum absolute atomic E-state index is 12.5. The lowest BCUT2D eigenvalue weighted by Crippen LogP contribution is -2.45. The molecule has 1 aromatic rings. The summed E-state index contributed by atoms with van der Waals surface area (Å²) in [5.41, 5.74) is -0.351. The Morgan fingerprint density at radius 1 is 1.45 bits per heavy atom. The van der Waals surface area contributed by atoms with E-state index in [4.69, 9.17) is 9.47 Å². The maximum Gasteiger partial charge on any atom is 0.310 e. The van der Waals surface area contributed by atoms with Crippen LogP contribution in [0.2, 0.25) is 0 Å². The van der Waals surface area contributed by atoms with Crippen molar-refractivity contribution in [2.45, 2.75) is 38.1 Å². The molecule has 22 heavy (non-hydrogen) atoms. The SMILES string of the molecule is CCOC(=O)CC1(NP(=O)(O)Cc2ccccc2)CCCO1. The van der Waals surface area contributed by atoms with Gasteiger partial charge in [0.05, 0.1) is 19.2 Å². The molecule has 1 fully saturated rings. The number of ether oxygens (including phenoxy) is 2. The Morgan fingerprint density at radius 2 is 2.18 bits per heavy atom. The second-order valence-electron chi connectivity index (χ2n) is 5.39. The molecule has 122 valence electrons. The van der Waals surface area contributed by atoms with Crippen LogP contribution in [0.25, 0.3) is 0 Å². The van der Waals surface area contributed by atoms with Gasteiger partial charge >= 0.3 is 5.97 Å². The Bertz CT molecular complexity index is 542. The molecule has 1 aliphatic rings. The molecule has 7 heteroatoms. The third-order valence-electron chi connectivity index (χ3n) is 3.46. The highest BCUT2D eigenvalue weighted by Gasteiger charge is 2.42. The molecule has 0 saturated carbocycles. The molecule has 0 bridgehead atoms. The van der Waals surface area contributed by atoms with Crippen LogP contribution in [0.3, 0.4) is 0 Å². The summed E-state index contributed by atoms with van der Waals surface area (Å²) >= 11 is 0. The first kappa shape index (κ1) is 17.2. The number of benzene rings is 1. The molecule has 1 aliphatic heterocycles. The van der Waals surface area contributed by atoms with Crippen LogP contribution in [0.1, 0.15) is 31.7 Å². The Balaban J connectivity index is 2.06. The van der Waals surface area contributed by atoms with Gasteiger partial charge in [-0.1, -0.05) is 30.3 Å². The Labute approximate surface area is 130 Å². The van der Waals surface area contributed by atoms with Crippen LogP contribution in [0.15, 0.2) is 30.3 Å². The summed E-state index contributed by atoms with van der Waals surface area (Å²) in [7, 11) is -3.69. The van der Waals surface area contributed by atoms with E-state index >= 15 is 0 Å². The smallest absolute Gasteiger partial charge is 0.310 e. The summed E-state index contributed by atoms with van der Waals surface area (Å²) in [6, 6.07) is 9.06. The number of carbonyl (C=O) groups is 1. The number of hydrogen-bond acceptors (Lipinski definition) is 4. The quantitative estimate of drug-likeness (QED) is 0.591. The van der Waals surface area contributed by atoms with E-state index in [0.29, 0.717) is 13.0 Å². The van der Waals surface area contributed by atoms with Crippen LogP contribution in [-0.2, 0) is 25.0 Å². The van der Waals surface area contributed by atoms with Crippen molar-refractivity contribution in [2.75, 3.05) is 13.2 Å². The lowest BCUT2D eigenvalue weighted by atomic mass is 10.1. The van der Waals surface area contributed by atoms with Gasteiger partial charge in [0, 0.05) is 6.61 Å². The van der Waals surface area contributed by atoms with E-state index < -0.39 is 19.2 Å². The van der Waals surface area contributed by atoms with E-state index in [1.54, 1.807) is 19.1 Å². The van der Waals surface area contributed by atoms with Crippen LogP contribution in [0.4, 0.5) is 0 Å². The molecule has 0 aliphatic carbocycles. The number of carbonyl (C=O) groups excluding carboxylic acids is 1. The third-order valence-corrected chi connectivity index (χ3v) is 5.01. The first-order valence-corrected chi connectivity index (χ1v) is 9.24. The molecule has 6 nitrogen and oxygen atoms in total. The fourth-order valence-corrected chi connectivity index (χ4v) is 4.28. The Hall–Kier alpha value is -1.20. The van der Waals surface area contributed by atoms with Crippen LogP contribution in [0, 0.1) is 0 Å². The van der Waals surface area contributed by atoms with Gasteiger partial charge in [-0.2, -0.15) is 0 Å². The molecular formula is C15H22NO5P. The van der Waals surface area contributed by atoms with Gasteiger partial charge in [-0.05, 0) is 25.3 Å². The highest BCUT2D eigenvalue weighted by Crippen LogP contribution is 2.45. The lowest BCUT2D eigenvalue weighted by molar-refractivity contribution is -0.150. The topological polar surface area (TPSA) is 84.9 Å². The van der Waals surface area contributed by atoms with Crippen molar-refractivity contribution in [1.29, 1.82) is 0 Å². The van der Waals surface area contributed by atoms with Crippen molar-refractivity contribution in [1.82, 2.24) is 5.09 Å². The van der Waals surface area contributed by atoms with Crippen LogP contribution in [0.5, 0.6) is 0 Å². The number of nitrogens with one attached hydrogen (secondary N) is 1. The second kappa shape index (κ2) is 7.38. The summed E-state index contributed by atoms with van der Waals surface area (Å²) in [5.74, 6) is -0.434. The molecule has 2 N–H and O–H groups in total. The zero-order chi connectivity index (χ0) is 16.1. The van der Waals surface area contributed by atoms with Gasteiger partial charge in [-0.25, -0.2) is 5.09 Å². The first-order valence-electron chi connectivity index (χ1n) is 7.39. The minimum atomic E-state index is -3.69. The highest BCUT2D eigenvalue weighted by atomic mass is 31.2. The van der Waals surface area contributed by atoms with Crippen molar-refractivity contribution >= 4 is 13.5 Å². The monoisotopic (exact) mass is 327 g/mol. The normalized spacial score (nSPS) is 23.9. The molecule has 0 spiro atoms. The predicted octanol–water partition coefficient (Wildman–Crippen LogP) is 2.42. The van der Waals surface area contributed by atoms with E-state index in [1.807, 2.05) is 18.2 Å². The summed E-state index contributed by atoms with van der Waals surface area (Å²) in [4.78, 5) is 22.0. The summed E-state index contributed by atoms with van der Waals surface area (Å²) < 4.78 is 23.0. The zero-order valence-electron chi connectivity index (χ0n) is 12.7. The summed E-state index contributed by atoms with van der Waals surface area (Å²) in [6.45, 7) is 2.45. The fourth-order valence-electron chi connectivity index (χ4n) is 2.60. The maximum atomic E-state index is 12.5. The minimum absolute atomic E-state index is 0.0121. The Kier molecular flexibility index (Phi) is 5.75. The van der Waals surface area contributed by atoms with Gasteiger partial charge in [0.1, 0.15) is 5.72 Å². The van der Waals surface area contributed by atoms with Gasteiger partial charge in [-0.3, -0.25) is 9.36 Å². The third kappa shape index (κ3) is 4.92. The average molecular weight is 327 g/mol. The lowest BCUT2D eigenvalue weighted by Gasteiger charge is -2.31. The van der Waals surface area contributed by atoms with E-state index in [-0.39, 0.29) is 19.2 Å². The molecule has 2 atom stereocenters. The summed E-state index contributed by atoms with van der Waals surface area (Å²) in [5, 5.41) is 2.69. The van der Waals surface area contributed by atoms with Crippen LogP contribution < -0.4 is 5.09 Å². The minimum Gasteiger partial charge on any atom is -0.466 e. The van der Waals surface area contributed by atoms with E-state index in [1.165, 1.54) is 0 Å². The largest absolute Gasteiger partial charge is 0.466 e. The van der Waals surface area contributed by atoms with Gasteiger partial charge in [0.15, 0.2) is 0 Å². The van der Waals surface area contributed by atoms with E-state index in [2.05, 4.69) is 5.09 Å². The molecule has 1 saturated heterocycles. The molecule has 1 aromatic carbocycles. The van der Waals surface area contributed by atoms with Gasteiger partial charge in [-0.15, -0.1) is 0 Å². The number of esters is 1. The molecule has 2 rings (SSSR count). The number of hydrogen-bond donors (Lipinski definition) is 2. The van der Waals surface area contributed by atoms with Gasteiger partial charge in [0.25, 0.3) is 7.52 Å². The predicted molar refractivity (Wildman–Crippen MR) is 82.3 cm³/mol. The van der Waals surface area contributed by atoms with Crippen molar-refractivity contribution in [2.24, 2.45) is 0 Å². The van der Waals surface area contributed by atoms with Crippen molar-refractivity contribution in [3.8, 4) is 0 Å². The number of rotatable bonds is 7. The van der Waals surface area contributed by atoms with Crippen molar-refractivity contribution < 1.29 is 23.7 Å². The fraction of sp³-hybridized carbons (Fsp3) is 0.533. The van der Waals surface area contributed by atoms with Gasteiger partial charge in [0.2, 0.25) is 0 Å². The van der Waals surface area contributed by atoms with Crippen molar-refractivity contribution in [3.63, 3.8) is 0 Å². The molecular weight excluding hydrogens is 305 g/mol. The molecule has 2 unspecified atom stereocenters. The highest BCUT2D eigenvalue weighted by molar-refractivity contribution is 7.55. The van der Waals surface area contributed by atoms with Crippen molar-refractivity contribution in [3.05, 3.63) is 35.9 Å². The zero-order valence-corrected chi connectivity index (χ0v) is 13.6. The first-order chi connectivity index (χ1) is 10.4. The van der Waals surface area contributed by atoms with Crippen LogP contribution >= 0.6 is 7.52 Å².